The summed E-state index contributed by atoms with van der Waals surface area (Å²) in [5.74, 6) is 1.69. The molecular weight excluding hydrogens is 492 g/mol. The molecule has 1 aliphatic rings. The molecule has 5 nitrogen and oxygen atoms in total. The Bertz CT molecular complexity index is 1340. The third-order valence-corrected chi connectivity index (χ3v) is 8.21. The molecule has 1 atom stereocenters. The second-order valence-electron chi connectivity index (χ2n) is 10.1. The molecule has 1 N–H and O–H groups in total. The normalized spacial score (nSPS) is 14.5. The maximum Gasteiger partial charge on any atom is 0.217 e. The van der Waals surface area contributed by atoms with Crippen LogP contribution in [0, 0.1) is 0 Å². The number of hydrogen-bond donors (Lipinski definition) is 1. The van der Waals surface area contributed by atoms with Crippen molar-refractivity contribution in [2.45, 2.75) is 39.2 Å². The number of carbonyl (C=O) groups is 1. The zero-order valence-corrected chi connectivity index (χ0v) is 23.1. The van der Waals surface area contributed by atoms with E-state index in [0.29, 0.717) is 6.61 Å². The van der Waals surface area contributed by atoms with Gasteiger partial charge in [-0.25, -0.2) is 0 Å². The minimum atomic E-state index is -0.0478. The van der Waals surface area contributed by atoms with Crippen LogP contribution < -0.4 is 14.8 Å². The van der Waals surface area contributed by atoms with Crippen molar-refractivity contribution in [3.8, 4) is 21.9 Å². The minimum Gasteiger partial charge on any atom is -0.492 e. The van der Waals surface area contributed by atoms with Gasteiger partial charge in [-0.05, 0) is 104 Å². The first-order valence-corrected chi connectivity index (χ1v) is 14.3. The molecule has 4 aromatic rings. The van der Waals surface area contributed by atoms with E-state index in [1.165, 1.54) is 64.5 Å². The standard InChI is InChI=1S/C32H36N2O3S/c1-23(33-24(2)35)22-37-28-15-11-26(12-16-28)32-30(29-7-3-4-8-31(29)38-32)21-25-9-13-27(14-10-25)36-20-19-34-17-5-6-18-34/h3-4,7-16,23H,5-6,17-22H2,1-2H3,(H,33,35). The fourth-order valence-electron chi connectivity index (χ4n) is 5.03. The lowest BCUT2D eigenvalue weighted by Crippen LogP contribution is -2.35. The van der Waals surface area contributed by atoms with Crippen LogP contribution in [0.5, 0.6) is 11.5 Å². The Labute approximate surface area is 229 Å². The van der Waals surface area contributed by atoms with Gasteiger partial charge in [0.25, 0.3) is 0 Å². The molecule has 0 radical (unpaired) electrons. The van der Waals surface area contributed by atoms with Gasteiger partial charge in [0.15, 0.2) is 0 Å². The summed E-state index contributed by atoms with van der Waals surface area (Å²) in [6.45, 7) is 8.04. The smallest absolute Gasteiger partial charge is 0.217 e. The number of amides is 1. The number of ether oxygens (including phenoxy) is 2. The molecule has 0 aliphatic carbocycles. The average Bonchev–Trinajstić information content (AvgIpc) is 3.57. The fraction of sp³-hybridized carbons (Fsp3) is 0.344. The van der Waals surface area contributed by atoms with Crippen molar-refractivity contribution in [1.29, 1.82) is 0 Å². The number of likely N-dealkylation sites (tertiary alicyclic amines) is 1. The lowest BCUT2D eigenvalue weighted by Gasteiger charge is -2.15. The Morgan fingerprint density at radius 3 is 2.37 bits per heavy atom. The van der Waals surface area contributed by atoms with E-state index in [1.807, 2.05) is 30.4 Å². The summed E-state index contributed by atoms with van der Waals surface area (Å²) in [4.78, 5) is 15.0. The zero-order chi connectivity index (χ0) is 26.3. The highest BCUT2D eigenvalue weighted by Gasteiger charge is 2.15. The van der Waals surface area contributed by atoms with Crippen molar-refractivity contribution in [3.05, 3.63) is 83.9 Å². The average molecular weight is 529 g/mol. The number of nitrogens with zero attached hydrogens (tertiary/aromatic N) is 1. The molecular formula is C32H36N2O3S. The van der Waals surface area contributed by atoms with Gasteiger partial charge >= 0.3 is 0 Å². The molecule has 1 amide bonds. The van der Waals surface area contributed by atoms with Crippen LogP contribution in [0.25, 0.3) is 20.5 Å². The van der Waals surface area contributed by atoms with Crippen LogP contribution in [0.4, 0.5) is 0 Å². The molecule has 6 heteroatoms. The van der Waals surface area contributed by atoms with E-state index in [9.17, 15) is 4.79 Å². The number of hydrogen-bond acceptors (Lipinski definition) is 5. The number of benzene rings is 3. The van der Waals surface area contributed by atoms with E-state index in [1.54, 1.807) is 0 Å². The van der Waals surface area contributed by atoms with Gasteiger partial charge in [0.1, 0.15) is 24.7 Å². The first-order valence-electron chi connectivity index (χ1n) is 13.5. The molecule has 198 valence electrons. The maximum absolute atomic E-state index is 11.2. The number of fused-ring (bicyclic) bond motifs is 1. The Balaban J connectivity index is 1.28. The minimum absolute atomic E-state index is 0.0387. The Morgan fingerprint density at radius 1 is 0.947 bits per heavy atom. The summed E-state index contributed by atoms with van der Waals surface area (Å²) in [5.41, 5.74) is 3.81. The molecule has 1 aromatic heterocycles. The van der Waals surface area contributed by atoms with Crippen molar-refractivity contribution in [2.75, 3.05) is 32.8 Å². The molecule has 0 spiro atoms. The van der Waals surface area contributed by atoms with Gasteiger partial charge in [0.2, 0.25) is 5.91 Å². The highest BCUT2D eigenvalue weighted by molar-refractivity contribution is 7.22. The Hall–Kier alpha value is -3.35. The summed E-state index contributed by atoms with van der Waals surface area (Å²) in [6, 6.07) is 25.5. The van der Waals surface area contributed by atoms with E-state index in [-0.39, 0.29) is 11.9 Å². The quantitative estimate of drug-likeness (QED) is 0.240. The van der Waals surface area contributed by atoms with Crippen LogP contribution in [-0.4, -0.2) is 49.7 Å². The van der Waals surface area contributed by atoms with E-state index in [4.69, 9.17) is 9.47 Å². The van der Waals surface area contributed by atoms with E-state index in [0.717, 1.165) is 31.1 Å². The molecule has 38 heavy (non-hydrogen) atoms. The SMILES string of the molecule is CC(=O)NC(C)COc1ccc(-c2sc3ccccc3c2Cc2ccc(OCCN3CCCC3)cc2)cc1. The number of thiophene rings is 1. The molecule has 5 rings (SSSR count). The highest BCUT2D eigenvalue weighted by atomic mass is 32.1. The van der Waals surface area contributed by atoms with Crippen molar-refractivity contribution in [1.82, 2.24) is 10.2 Å². The number of rotatable bonds is 11. The van der Waals surface area contributed by atoms with Crippen molar-refractivity contribution in [2.24, 2.45) is 0 Å². The highest BCUT2D eigenvalue weighted by Crippen LogP contribution is 2.40. The molecule has 3 aromatic carbocycles. The van der Waals surface area contributed by atoms with Gasteiger partial charge in [-0.2, -0.15) is 0 Å². The van der Waals surface area contributed by atoms with Gasteiger partial charge in [0.05, 0.1) is 6.04 Å². The van der Waals surface area contributed by atoms with Crippen LogP contribution >= 0.6 is 11.3 Å². The van der Waals surface area contributed by atoms with Crippen LogP contribution in [0.2, 0.25) is 0 Å². The topological polar surface area (TPSA) is 50.8 Å². The lowest BCUT2D eigenvalue weighted by atomic mass is 9.99. The molecule has 1 aliphatic heterocycles. The van der Waals surface area contributed by atoms with Crippen LogP contribution in [0.1, 0.15) is 37.8 Å². The van der Waals surface area contributed by atoms with Crippen molar-refractivity contribution < 1.29 is 14.3 Å². The Morgan fingerprint density at radius 2 is 1.63 bits per heavy atom. The Kier molecular flexibility index (Phi) is 8.61. The first-order chi connectivity index (χ1) is 18.5. The molecule has 1 saturated heterocycles. The first kappa shape index (κ1) is 26.3. The van der Waals surface area contributed by atoms with Gasteiger partial charge in [-0.15, -0.1) is 11.3 Å². The zero-order valence-electron chi connectivity index (χ0n) is 22.2. The van der Waals surface area contributed by atoms with Gasteiger partial charge < -0.3 is 14.8 Å². The lowest BCUT2D eigenvalue weighted by molar-refractivity contribution is -0.119. The third kappa shape index (κ3) is 6.74. The summed E-state index contributed by atoms with van der Waals surface area (Å²) < 4.78 is 13.2. The predicted molar refractivity (Wildman–Crippen MR) is 156 cm³/mol. The molecule has 1 fully saturated rings. The summed E-state index contributed by atoms with van der Waals surface area (Å²) in [7, 11) is 0. The number of carbonyl (C=O) groups excluding carboxylic acids is 1. The van der Waals surface area contributed by atoms with Crippen LogP contribution in [0.3, 0.4) is 0 Å². The van der Waals surface area contributed by atoms with Gasteiger partial charge in [-0.3, -0.25) is 9.69 Å². The summed E-state index contributed by atoms with van der Waals surface area (Å²) in [5, 5.41) is 4.16. The third-order valence-electron chi connectivity index (χ3n) is 6.94. The summed E-state index contributed by atoms with van der Waals surface area (Å²) in [6.07, 6.45) is 3.48. The van der Waals surface area contributed by atoms with Crippen LogP contribution in [-0.2, 0) is 11.2 Å². The van der Waals surface area contributed by atoms with E-state index >= 15 is 0 Å². The van der Waals surface area contributed by atoms with E-state index in [2.05, 4.69) is 70.9 Å². The number of nitrogens with one attached hydrogen (secondary N) is 1. The largest absolute Gasteiger partial charge is 0.492 e. The van der Waals surface area contributed by atoms with Crippen molar-refractivity contribution in [3.63, 3.8) is 0 Å². The monoisotopic (exact) mass is 528 g/mol. The summed E-state index contributed by atoms with van der Waals surface area (Å²) >= 11 is 1.84. The predicted octanol–water partition coefficient (Wildman–Crippen LogP) is 6.54. The molecule has 1 unspecified atom stereocenters. The second-order valence-corrected chi connectivity index (χ2v) is 11.1. The van der Waals surface area contributed by atoms with Gasteiger partial charge in [0, 0.05) is 23.0 Å². The molecule has 0 saturated carbocycles. The maximum atomic E-state index is 11.2. The van der Waals surface area contributed by atoms with Crippen LogP contribution in [0.15, 0.2) is 72.8 Å². The van der Waals surface area contributed by atoms with Gasteiger partial charge in [-0.1, -0.05) is 30.3 Å². The molecule has 2 heterocycles. The van der Waals surface area contributed by atoms with E-state index < -0.39 is 0 Å². The molecule has 0 bridgehead atoms. The van der Waals surface area contributed by atoms with Crippen molar-refractivity contribution >= 4 is 27.3 Å². The fourth-order valence-corrected chi connectivity index (χ4v) is 6.25. The second kappa shape index (κ2) is 12.5.